The smallest absolute Gasteiger partial charge is 0.258 e. The second kappa shape index (κ2) is 8.54. The molecule has 2 aliphatic rings. The van der Waals surface area contributed by atoms with Gasteiger partial charge in [-0.2, -0.15) is 0 Å². The Morgan fingerprint density at radius 2 is 1.87 bits per heavy atom. The van der Waals surface area contributed by atoms with Gasteiger partial charge in [-0.05, 0) is 72.5 Å². The molecule has 1 atom stereocenters. The number of nitrogens with one attached hydrogen (secondary N) is 2. The third-order valence-corrected chi connectivity index (χ3v) is 7.36. The summed E-state index contributed by atoms with van der Waals surface area (Å²) in [5.41, 5.74) is 2.83. The lowest BCUT2D eigenvalue weighted by atomic mass is 9.93. The minimum absolute atomic E-state index is 0.0225. The average molecular weight is 422 g/mol. The number of piperidine rings is 1. The second-order valence-electron chi connectivity index (χ2n) is 9.69. The molecule has 2 aromatic heterocycles. The van der Waals surface area contributed by atoms with Crippen LogP contribution in [-0.4, -0.2) is 38.3 Å². The summed E-state index contributed by atoms with van der Waals surface area (Å²) in [4.78, 5) is 17.8. The number of pyridine rings is 1. The monoisotopic (exact) mass is 421 g/mol. The van der Waals surface area contributed by atoms with Gasteiger partial charge in [0, 0.05) is 5.52 Å². The van der Waals surface area contributed by atoms with E-state index in [9.17, 15) is 4.79 Å². The van der Waals surface area contributed by atoms with Crippen LogP contribution in [0.15, 0.2) is 29.1 Å². The Morgan fingerprint density at radius 3 is 2.65 bits per heavy atom. The van der Waals surface area contributed by atoms with Gasteiger partial charge in [0.2, 0.25) is 5.82 Å². The van der Waals surface area contributed by atoms with E-state index in [0.29, 0.717) is 6.04 Å². The number of rotatable bonds is 4. The van der Waals surface area contributed by atoms with E-state index in [1.807, 2.05) is 12.1 Å². The normalized spacial score (nSPS) is 23.8. The SMILES string of the molecule is Cc1ccc2[nH]c(=O)c([C@@H](c3nnnn3C3CCCCC3)[NH+]3CCC(C)CC3)cc2c1. The van der Waals surface area contributed by atoms with Gasteiger partial charge in [-0.25, -0.2) is 4.68 Å². The predicted molar refractivity (Wildman–Crippen MR) is 120 cm³/mol. The lowest BCUT2D eigenvalue weighted by Crippen LogP contribution is -3.13. The molecule has 1 saturated heterocycles. The van der Waals surface area contributed by atoms with Crippen LogP contribution in [0.4, 0.5) is 0 Å². The van der Waals surface area contributed by atoms with Gasteiger partial charge in [0.25, 0.3) is 5.56 Å². The summed E-state index contributed by atoms with van der Waals surface area (Å²) < 4.78 is 2.05. The Balaban J connectivity index is 1.62. The van der Waals surface area contributed by atoms with Crippen LogP contribution >= 0.6 is 0 Å². The highest BCUT2D eigenvalue weighted by Crippen LogP contribution is 2.30. The Morgan fingerprint density at radius 1 is 1.10 bits per heavy atom. The molecule has 1 aliphatic carbocycles. The van der Waals surface area contributed by atoms with Gasteiger partial charge in [0.1, 0.15) is 0 Å². The van der Waals surface area contributed by atoms with E-state index < -0.39 is 0 Å². The largest absolute Gasteiger partial charge is 0.322 e. The van der Waals surface area contributed by atoms with Crippen molar-refractivity contribution in [1.29, 1.82) is 0 Å². The number of hydrogen-bond donors (Lipinski definition) is 2. The fraction of sp³-hybridized carbons (Fsp3) is 0.583. The maximum Gasteiger partial charge on any atom is 0.258 e. The standard InChI is InChI=1S/C24H32N6O/c1-16-10-12-29(13-11-16)22(23-26-27-28-30(23)19-6-4-3-5-7-19)20-15-18-14-17(2)8-9-21(18)25-24(20)31/h8-9,14-16,19,22H,3-7,10-13H2,1-2H3,(H,25,31)/p+1/t22-/m0/s1. The van der Waals surface area contributed by atoms with Crippen LogP contribution in [0.25, 0.3) is 10.9 Å². The number of tetrazole rings is 1. The van der Waals surface area contributed by atoms with Crippen LogP contribution < -0.4 is 10.5 Å². The maximum atomic E-state index is 13.3. The molecule has 0 unspecified atom stereocenters. The highest BCUT2D eigenvalue weighted by molar-refractivity contribution is 5.79. The number of fused-ring (bicyclic) bond motifs is 1. The van der Waals surface area contributed by atoms with Crippen molar-refractivity contribution in [3.8, 4) is 0 Å². The summed E-state index contributed by atoms with van der Waals surface area (Å²) in [5, 5.41) is 14.1. The lowest BCUT2D eigenvalue weighted by molar-refractivity contribution is -0.932. The zero-order valence-corrected chi connectivity index (χ0v) is 18.6. The van der Waals surface area contributed by atoms with Crippen molar-refractivity contribution < 1.29 is 4.90 Å². The van der Waals surface area contributed by atoms with Crippen molar-refractivity contribution in [2.45, 2.75) is 70.9 Å². The van der Waals surface area contributed by atoms with Crippen LogP contribution in [0.1, 0.15) is 80.9 Å². The van der Waals surface area contributed by atoms with Crippen LogP contribution in [0.3, 0.4) is 0 Å². The maximum absolute atomic E-state index is 13.3. The number of hydrogen-bond acceptors (Lipinski definition) is 4. The van der Waals surface area contributed by atoms with E-state index in [-0.39, 0.29) is 11.6 Å². The molecule has 0 bridgehead atoms. The van der Waals surface area contributed by atoms with Gasteiger partial charge in [-0.15, -0.1) is 5.10 Å². The van der Waals surface area contributed by atoms with Crippen LogP contribution in [0.2, 0.25) is 0 Å². The first-order valence-corrected chi connectivity index (χ1v) is 11.9. The van der Waals surface area contributed by atoms with E-state index in [4.69, 9.17) is 0 Å². The van der Waals surface area contributed by atoms with Crippen LogP contribution in [0.5, 0.6) is 0 Å². The predicted octanol–water partition coefficient (Wildman–Crippen LogP) is 2.73. The molecular weight excluding hydrogens is 388 g/mol. The van der Waals surface area contributed by atoms with Gasteiger partial charge in [-0.1, -0.05) is 37.8 Å². The first kappa shape index (κ1) is 20.4. The van der Waals surface area contributed by atoms with Crippen molar-refractivity contribution in [3.05, 3.63) is 51.6 Å². The van der Waals surface area contributed by atoms with Crippen molar-refractivity contribution >= 4 is 10.9 Å². The number of aryl methyl sites for hydroxylation is 1. The number of aromatic amines is 1. The highest BCUT2D eigenvalue weighted by atomic mass is 16.1. The summed E-state index contributed by atoms with van der Waals surface area (Å²) in [7, 11) is 0. The summed E-state index contributed by atoms with van der Waals surface area (Å²) in [5.74, 6) is 1.59. The van der Waals surface area contributed by atoms with Crippen LogP contribution in [0, 0.1) is 12.8 Å². The van der Waals surface area contributed by atoms with Crippen molar-refractivity contribution in [2.75, 3.05) is 13.1 Å². The molecule has 2 N–H and O–H groups in total. The third-order valence-electron chi connectivity index (χ3n) is 7.36. The fourth-order valence-electron chi connectivity index (χ4n) is 5.50. The topological polar surface area (TPSA) is 80.9 Å². The molecule has 1 saturated carbocycles. The van der Waals surface area contributed by atoms with Gasteiger partial charge in [0.15, 0.2) is 6.04 Å². The molecule has 1 aliphatic heterocycles. The Labute approximate surface area is 182 Å². The van der Waals surface area contributed by atoms with Gasteiger partial charge in [0.05, 0.1) is 24.7 Å². The number of likely N-dealkylation sites (tertiary alicyclic amines) is 1. The first-order valence-electron chi connectivity index (χ1n) is 11.9. The van der Waals surface area contributed by atoms with Crippen molar-refractivity contribution in [1.82, 2.24) is 25.2 Å². The Hall–Kier alpha value is -2.54. The molecule has 7 nitrogen and oxygen atoms in total. The van der Waals surface area contributed by atoms with Gasteiger partial charge < -0.3 is 9.88 Å². The Kier molecular flexibility index (Phi) is 5.61. The van der Waals surface area contributed by atoms with E-state index in [0.717, 1.165) is 54.1 Å². The number of benzene rings is 1. The molecule has 3 heterocycles. The molecule has 31 heavy (non-hydrogen) atoms. The van der Waals surface area contributed by atoms with Gasteiger partial charge in [-0.3, -0.25) is 4.79 Å². The first-order chi connectivity index (χ1) is 15.1. The van der Waals surface area contributed by atoms with Crippen molar-refractivity contribution in [3.63, 3.8) is 0 Å². The van der Waals surface area contributed by atoms with Gasteiger partial charge >= 0.3 is 0 Å². The minimum atomic E-state index is -0.141. The third kappa shape index (κ3) is 4.03. The number of aromatic nitrogens is 5. The van der Waals surface area contributed by atoms with E-state index in [1.54, 1.807) is 0 Å². The summed E-state index contributed by atoms with van der Waals surface area (Å²) in [6, 6.07) is 8.45. The molecule has 164 valence electrons. The molecule has 7 heteroatoms. The fourth-order valence-corrected chi connectivity index (χ4v) is 5.50. The highest BCUT2D eigenvalue weighted by Gasteiger charge is 2.37. The quantitative estimate of drug-likeness (QED) is 0.679. The molecule has 5 rings (SSSR count). The minimum Gasteiger partial charge on any atom is -0.322 e. The lowest BCUT2D eigenvalue weighted by Gasteiger charge is -2.34. The molecule has 3 aromatic rings. The van der Waals surface area contributed by atoms with Crippen molar-refractivity contribution in [2.24, 2.45) is 5.92 Å². The zero-order chi connectivity index (χ0) is 21.4. The average Bonchev–Trinajstić information content (AvgIpc) is 3.26. The summed E-state index contributed by atoms with van der Waals surface area (Å²) >= 11 is 0. The number of H-pyrrole nitrogens is 1. The van der Waals surface area contributed by atoms with E-state index in [2.05, 4.69) is 51.2 Å². The van der Waals surface area contributed by atoms with E-state index in [1.165, 1.54) is 42.6 Å². The molecular formula is C24H33N6O+. The molecule has 1 aromatic carbocycles. The Bertz CT molecular complexity index is 1100. The summed E-state index contributed by atoms with van der Waals surface area (Å²) in [6.45, 7) is 6.48. The molecule has 0 radical (unpaired) electrons. The summed E-state index contributed by atoms with van der Waals surface area (Å²) in [6.07, 6.45) is 8.30. The van der Waals surface area contributed by atoms with E-state index >= 15 is 0 Å². The molecule has 0 spiro atoms. The molecule has 2 fully saturated rings. The second-order valence-corrected chi connectivity index (χ2v) is 9.69. The van der Waals surface area contributed by atoms with Crippen LogP contribution in [-0.2, 0) is 0 Å². The number of nitrogens with zero attached hydrogens (tertiary/aromatic N) is 4. The molecule has 0 amide bonds. The zero-order valence-electron chi connectivity index (χ0n) is 18.6. The number of quaternary nitrogens is 1.